The lowest BCUT2D eigenvalue weighted by molar-refractivity contribution is 0.300. The van der Waals surface area contributed by atoms with E-state index in [-0.39, 0.29) is 0 Å². The van der Waals surface area contributed by atoms with Gasteiger partial charge in [-0.2, -0.15) is 0 Å². The van der Waals surface area contributed by atoms with Gasteiger partial charge in [0.15, 0.2) is 0 Å². The van der Waals surface area contributed by atoms with Gasteiger partial charge in [-0.05, 0) is 47.3 Å². The fourth-order valence-corrected chi connectivity index (χ4v) is 2.61. The number of aromatic nitrogens is 1. The quantitative estimate of drug-likeness (QED) is 0.761. The molecule has 0 saturated heterocycles. The SMILES string of the molecule is NCc1ccc2ccn(CCOc3ccc(Br)cc3)c2c1. The summed E-state index contributed by atoms with van der Waals surface area (Å²) in [5, 5.41) is 1.23. The number of nitrogens with two attached hydrogens (primary N) is 1. The summed E-state index contributed by atoms with van der Waals surface area (Å²) in [4.78, 5) is 0. The van der Waals surface area contributed by atoms with Crippen LogP contribution < -0.4 is 10.5 Å². The van der Waals surface area contributed by atoms with Crippen LogP contribution in [0.4, 0.5) is 0 Å². The predicted octanol–water partition coefficient (Wildman–Crippen LogP) is 3.94. The van der Waals surface area contributed by atoms with E-state index >= 15 is 0 Å². The Bertz CT molecular complexity index is 734. The van der Waals surface area contributed by atoms with E-state index in [0.29, 0.717) is 13.2 Å². The molecule has 108 valence electrons. The molecule has 1 aromatic heterocycles. The number of fused-ring (bicyclic) bond motifs is 1. The largest absolute Gasteiger partial charge is 0.492 e. The summed E-state index contributed by atoms with van der Waals surface area (Å²) in [5.41, 5.74) is 8.07. The first-order valence-corrected chi connectivity index (χ1v) is 7.72. The van der Waals surface area contributed by atoms with Gasteiger partial charge in [-0.15, -0.1) is 0 Å². The molecule has 4 heteroatoms. The van der Waals surface area contributed by atoms with Crippen LogP contribution in [-0.2, 0) is 13.1 Å². The maximum absolute atomic E-state index is 5.77. The Morgan fingerprint density at radius 2 is 1.86 bits per heavy atom. The molecule has 0 spiro atoms. The van der Waals surface area contributed by atoms with Gasteiger partial charge >= 0.3 is 0 Å². The molecule has 1 heterocycles. The second-order valence-electron chi connectivity index (χ2n) is 4.91. The van der Waals surface area contributed by atoms with Gasteiger partial charge in [-0.25, -0.2) is 0 Å². The average Bonchev–Trinajstić information content (AvgIpc) is 2.91. The zero-order valence-electron chi connectivity index (χ0n) is 11.6. The van der Waals surface area contributed by atoms with Crippen molar-refractivity contribution in [3.05, 3.63) is 64.8 Å². The zero-order chi connectivity index (χ0) is 14.7. The fourth-order valence-electron chi connectivity index (χ4n) is 2.34. The zero-order valence-corrected chi connectivity index (χ0v) is 13.2. The second-order valence-corrected chi connectivity index (χ2v) is 5.82. The Kier molecular flexibility index (Phi) is 4.27. The van der Waals surface area contributed by atoms with E-state index in [4.69, 9.17) is 10.5 Å². The van der Waals surface area contributed by atoms with Crippen molar-refractivity contribution in [3.63, 3.8) is 0 Å². The van der Waals surface area contributed by atoms with Gasteiger partial charge in [0.2, 0.25) is 0 Å². The highest BCUT2D eigenvalue weighted by Gasteiger charge is 2.02. The van der Waals surface area contributed by atoms with Gasteiger partial charge < -0.3 is 15.0 Å². The molecule has 0 aliphatic carbocycles. The van der Waals surface area contributed by atoms with Gasteiger partial charge in [0.1, 0.15) is 12.4 Å². The summed E-state index contributed by atoms with van der Waals surface area (Å²) in [5.74, 6) is 0.886. The molecule has 3 aromatic rings. The highest BCUT2D eigenvalue weighted by atomic mass is 79.9. The summed E-state index contributed by atoms with van der Waals surface area (Å²) in [7, 11) is 0. The first-order valence-electron chi connectivity index (χ1n) is 6.92. The number of halogens is 1. The van der Waals surface area contributed by atoms with E-state index in [9.17, 15) is 0 Å². The highest BCUT2D eigenvalue weighted by Crippen LogP contribution is 2.19. The molecule has 3 rings (SSSR count). The number of hydrogen-bond acceptors (Lipinski definition) is 2. The molecule has 2 N–H and O–H groups in total. The van der Waals surface area contributed by atoms with Crippen LogP contribution in [0.1, 0.15) is 5.56 Å². The number of benzene rings is 2. The molecule has 0 aliphatic rings. The Hall–Kier alpha value is -1.78. The van der Waals surface area contributed by atoms with Crippen LogP contribution in [0, 0.1) is 0 Å². The van der Waals surface area contributed by atoms with Crippen molar-refractivity contribution in [2.45, 2.75) is 13.1 Å². The summed E-state index contributed by atoms with van der Waals surface area (Å²) in [6, 6.07) is 16.3. The number of rotatable bonds is 5. The van der Waals surface area contributed by atoms with Gasteiger partial charge in [-0.3, -0.25) is 0 Å². The first kappa shape index (κ1) is 14.2. The molecular weight excluding hydrogens is 328 g/mol. The Balaban J connectivity index is 1.69. The Morgan fingerprint density at radius 1 is 1.05 bits per heavy atom. The maximum atomic E-state index is 5.77. The van der Waals surface area contributed by atoms with Crippen molar-refractivity contribution >= 4 is 26.8 Å². The minimum absolute atomic E-state index is 0.566. The Morgan fingerprint density at radius 3 is 2.62 bits per heavy atom. The van der Waals surface area contributed by atoms with E-state index in [1.165, 1.54) is 10.9 Å². The third-order valence-corrected chi connectivity index (χ3v) is 4.02. The minimum Gasteiger partial charge on any atom is -0.492 e. The first-order chi connectivity index (χ1) is 10.3. The molecule has 0 unspecified atom stereocenters. The molecule has 0 radical (unpaired) electrons. The van der Waals surface area contributed by atoms with Gasteiger partial charge in [0.25, 0.3) is 0 Å². The number of ether oxygens (including phenoxy) is 1. The summed E-state index contributed by atoms with van der Waals surface area (Å²) in [6.07, 6.45) is 2.09. The minimum atomic E-state index is 0.566. The molecule has 0 aliphatic heterocycles. The van der Waals surface area contributed by atoms with Crippen molar-refractivity contribution in [1.29, 1.82) is 0 Å². The van der Waals surface area contributed by atoms with Crippen LogP contribution in [0.15, 0.2) is 59.2 Å². The van der Waals surface area contributed by atoms with Crippen LogP contribution in [-0.4, -0.2) is 11.2 Å². The smallest absolute Gasteiger partial charge is 0.119 e. The third-order valence-electron chi connectivity index (χ3n) is 3.49. The van der Waals surface area contributed by atoms with E-state index in [2.05, 4.69) is 51.0 Å². The van der Waals surface area contributed by atoms with Crippen molar-refractivity contribution in [2.75, 3.05) is 6.61 Å². The standard InChI is InChI=1S/C17H17BrN2O/c18-15-3-5-16(6-4-15)21-10-9-20-8-7-14-2-1-13(12-19)11-17(14)20/h1-8,11H,9-10,12,19H2. The van der Waals surface area contributed by atoms with E-state index in [0.717, 1.165) is 22.3 Å². The molecule has 0 fully saturated rings. The van der Waals surface area contributed by atoms with Gasteiger partial charge in [0, 0.05) is 22.7 Å². The van der Waals surface area contributed by atoms with Crippen LogP contribution in [0.3, 0.4) is 0 Å². The summed E-state index contributed by atoms with van der Waals surface area (Å²) < 4.78 is 9.03. The molecule has 0 saturated carbocycles. The lowest BCUT2D eigenvalue weighted by Crippen LogP contribution is -2.07. The van der Waals surface area contributed by atoms with Crippen LogP contribution in [0.25, 0.3) is 10.9 Å². The Labute approximate surface area is 132 Å². The third kappa shape index (κ3) is 3.28. The van der Waals surface area contributed by atoms with Crippen LogP contribution in [0.5, 0.6) is 5.75 Å². The lowest BCUT2D eigenvalue weighted by atomic mass is 10.1. The molecular formula is C17H17BrN2O. The molecule has 0 atom stereocenters. The fraction of sp³-hybridized carbons (Fsp3) is 0.176. The van der Waals surface area contributed by atoms with Crippen LogP contribution in [0.2, 0.25) is 0 Å². The van der Waals surface area contributed by atoms with Crippen LogP contribution >= 0.6 is 15.9 Å². The predicted molar refractivity (Wildman–Crippen MR) is 89.5 cm³/mol. The molecule has 2 aromatic carbocycles. The number of nitrogens with zero attached hydrogens (tertiary/aromatic N) is 1. The van der Waals surface area contributed by atoms with Gasteiger partial charge in [-0.1, -0.05) is 28.1 Å². The van der Waals surface area contributed by atoms with Crippen molar-refractivity contribution < 1.29 is 4.74 Å². The number of hydrogen-bond donors (Lipinski definition) is 1. The van der Waals surface area contributed by atoms with E-state index in [1.54, 1.807) is 0 Å². The molecule has 0 amide bonds. The van der Waals surface area contributed by atoms with E-state index < -0.39 is 0 Å². The molecule has 3 nitrogen and oxygen atoms in total. The summed E-state index contributed by atoms with van der Waals surface area (Å²) in [6.45, 7) is 2.02. The summed E-state index contributed by atoms with van der Waals surface area (Å²) >= 11 is 3.42. The van der Waals surface area contributed by atoms with Gasteiger partial charge in [0.05, 0.1) is 6.54 Å². The molecule has 21 heavy (non-hydrogen) atoms. The van der Waals surface area contributed by atoms with Crippen molar-refractivity contribution in [3.8, 4) is 5.75 Å². The van der Waals surface area contributed by atoms with Crippen molar-refractivity contribution in [2.24, 2.45) is 5.73 Å². The maximum Gasteiger partial charge on any atom is 0.119 e. The second kappa shape index (κ2) is 6.33. The van der Waals surface area contributed by atoms with Crippen molar-refractivity contribution in [1.82, 2.24) is 4.57 Å². The highest BCUT2D eigenvalue weighted by molar-refractivity contribution is 9.10. The monoisotopic (exact) mass is 344 g/mol. The molecule has 0 bridgehead atoms. The van der Waals surface area contributed by atoms with E-state index in [1.807, 2.05) is 24.3 Å². The normalized spacial score (nSPS) is 11.0. The lowest BCUT2D eigenvalue weighted by Gasteiger charge is -2.09. The topological polar surface area (TPSA) is 40.2 Å². The average molecular weight is 345 g/mol.